The molecule has 126 valence electrons. The van der Waals surface area contributed by atoms with Gasteiger partial charge in [0.2, 0.25) is 8.03 Å². The van der Waals surface area contributed by atoms with Crippen LogP contribution in [0.2, 0.25) is 0 Å². The highest BCUT2D eigenvalue weighted by Gasteiger charge is 2.42. The number of ether oxygens (including phenoxy) is 1. The van der Waals surface area contributed by atoms with Gasteiger partial charge in [-0.05, 0) is 0 Å². The molecule has 3 atom stereocenters. The van der Waals surface area contributed by atoms with Crippen LogP contribution in [0.1, 0.15) is 24.3 Å². The van der Waals surface area contributed by atoms with Gasteiger partial charge in [-0.3, -0.25) is 14.2 Å². The molecule has 0 saturated carbocycles. The third-order valence-electron chi connectivity index (χ3n) is 2.85. The average Bonchev–Trinajstić information content (AvgIpc) is 2.44. The molecule has 0 aliphatic carbocycles. The largest absolute Gasteiger partial charge is 0.481 e. The number of aliphatic carboxylic acids is 2. The van der Waals surface area contributed by atoms with E-state index in [1.54, 1.807) is 18.2 Å². The Bertz CT molecular complexity index is 615. The maximum Gasteiger partial charge on any atom is 0.336 e. The summed E-state index contributed by atoms with van der Waals surface area (Å²) in [5, 5.41) is 27.2. The number of benzene rings is 1. The molecule has 0 heterocycles. The molecule has 4 N–H and O–H groups in total. The van der Waals surface area contributed by atoms with Crippen LogP contribution in [0.25, 0.3) is 0 Å². The number of rotatable bonds is 8. The van der Waals surface area contributed by atoms with Gasteiger partial charge in [-0.2, -0.15) is 0 Å². The van der Waals surface area contributed by atoms with Crippen molar-refractivity contribution in [1.29, 1.82) is 0 Å². The molecule has 3 unspecified atom stereocenters. The number of hydrogen-bond acceptors (Lipinski definition) is 6. The van der Waals surface area contributed by atoms with E-state index in [0.717, 1.165) is 0 Å². The first-order valence-corrected chi connectivity index (χ1v) is 7.74. The monoisotopic (exact) mass is 346 g/mol. The molecule has 0 amide bonds. The summed E-state index contributed by atoms with van der Waals surface area (Å²) in [6.45, 7) is 0. The number of carbonyl (C=O) groups excluding carboxylic acids is 1. The Kier molecular flexibility index (Phi) is 6.44. The molecule has 23 heavy (non-hydrogen) atoms. The quantitative estimate of drug-likeness (QED) is 0.385. The summed E-state index contributed by atoms with van der Waals surface area (Å²) in [6, 6.07) is 7.57. The molecule has 0 aliphatic heterocycles. The molecule has 9 nitrogen and oxygen atoms in total. The van der Waals surface area contributed by atoms with Crippen molar-refractivity contribution < 1.29 is 43.9 Å². The molecule has 1 aromatic rings. The zero-order valence-corrected chi connectivity index (χ0v) is 12.7. The summed E-state index contributed by atoms with van der Waals surface area (Å²) in [4.78, 5) is 42.6. The molecular weight excluding hydrogens is 331 g/mol. The minimum atomic E-state index is -3.36. The number of aliphatic hydroxyl groups is 1. The fourth-order valence-corrected chi connectivity index (χ4v) is 2.47. The Hall–Kier alpha value is -2.22. The van der Waals surface area contributed by atoms with Crippen LogP contribution in [0.3, 0.4) is 0 Å². The van der Waals surface area contributed by atoms with E-state index in [4.69, 9.17) is 14.9 Å². The SMILES string of the molecule is O=C(O)CC(O)(CC(=O)OC(c1ccccc1)[PH](=O)O)C(=O)O. The zero-order chi connectivity index (χ0) is 17.6. The second-order valence-corrected chi connectivity index (χ2v) is 5.90. The smallest absolute Gasteiger partial charge is 0.336 e. The first kappa shape index (κ1) is 18.8. The molecule has 0 aromatic heterocycles. The van der Waals surface area contributed by atoms with Crippen molar-refractivity contribution in [2.45, 2.75) is 24.3 Å². The highest BCUT2D eigenvalue weighted by Crippen LogP contribution is 2.39. The van der Waals surface area contributed by atoms with E-state index in [1.165, 1.54) is 12.1 Å². The summed E-state index contributed by atoms with van der Waals surface area (Å²) in [7, 11) is -3.36. The summed E-state index contributed by atoms with van der Waals surface area (Å²) < 4.78 is 16.1. The molecule has 0 fully saturated rings. The third kappa shape index (κ3) is 5.48. The van der Waals surface area contributed by atoms with Crippen LogP contribution in [0.4, 0.5) is 0 Å². The van der Waals surface area contributed by atoms with E-state index in [2.05, 4.69) is 0 Å². The van der Waals surface area contributed by atoms with Crippen LogP contribution in [-0.4, -0.2) is 43.7 Å². The summed E-state index contributed by atoms with van der Waals surface area (Å²) in [6.07, 6.45) is -2.39. The van der Waals surface area contributed by atoms with Crippen LogP contribution in [0.5, 0.6) is 0 Å². The Labute approximate surface area is 131 Å². The number of carbonyl (C=O) groups is 3. The molecular formula is C13H15O9P. The van der Waals surface area contributed by atoms with Crippen molar-refractivity contribution in [2.24, 2.45) is 0 Å². The topological polar surface area (TPSA) is 158 Å². The molecule has 1 aromatic carbocycles. The van der Waals surface area contributed by atoms with Gasteiger partial charge in [-0.15, -0.1) is 0 Å². The van der Waals surface area contributed by atoms with Gasteiger partial charge in [0.15, 0.2) is 11.4 Å². The number of esters is 1. The van der Waals surface area contributed by atoms with Gasteiger partial charge in [0, 0.05) is 5.56 Å². The van der Waals surface area contributed by atoms with Gasteiger partial charge in [0.1, 0.15) is 0 Å². The van der Waals surface area contributed by atoms with Crippen LogP contribution in [0, 0.1) is 0 Å². The van der Waals surface area contributed by atoms with Crippen molar-refractivity contribution in [3.8, 4) is 0 Å². The van der Waals surface area contributed by atoms with Gasteiger partial charge in [0.05, 0.1) is 12.8 Å². The lowest BCUT2D eigenvalue weighted by molar-refractivity contribution is -0.172. The van der Waals surface area contributed by atoms with Crippen molar-refractivity contribution >= 4 is 25.9 Å². The Morgan fingerprint density at radius 3 is 2.13 bits per heavy atom. The Morgan fingerprint density at radius 1 is 1.13 bits per heavy atom. The average molecular weight is 346 g/mol. The molecule has 0 aliphatic rings. The summed E-state index contributed by atoms with van der Waals surface area (Å²) >= 11 is 0. The minimum Gasteiger partial charge on any atom is -0.481 e. The van der Waals surface area contributed by atoms with Crippen molar-refractivity contribution in [3.63, 3.8) is 0 Å². The van der Waals surface area contributed by atoms with Crippen molar-refractivity contribution in [1.82, 2.24) is 0 Å². The van der Waals surface area contributed by atoms with Crippen LogP contribution >= 0.6 is 8.03 Å². The van der Waals surface area contributed by atoms with Crippen molar-refractivity contribution in [3.05, 3.63) is 35.9 Å². The Morgan fingerprint density at radius 2 is 1.70 bits per heavy atom. The first-order valence-electron chi connectivity index (χ1n) is 6.30. The standard InChI is InChI=1S/C13H15O9P/c14-9(15)6-13(19,12(17)18)7-10(16)22-11(23(20)21)8-4-2-1-3-5-8/h1-5,11,19,23H,6-7H2,(H,14,15)(H,17,18)(H,20,21). The molecule has 0 spiro atoms. The fraction of sp³-hybridized carbons (Fsp3) is 0.308. The van der Waals surface area contributed by atoms with Crippen molar-refractivity contribution in [2.75, 3.05) is 0 Å². The number of hydrogen-bond donors (Lipinski definition) is 4. The second kappa shape index (κ2) is 7.87. The van der Waals surface area contributed by atoms with Gasteiger partial charge >= 0.3 is 17.9 Å². The lowest BCUT2D eigenvalue weighted by Crippen LogP contribution is -2.43. The van der Waals surface area contributed by atoms with Crippen LogP contribution in [-0.2, 0) is 23.7 Å². The number of carboxylic acid groups (broad SMARTS) is 2. The predicted molar refractivity (Wildman–Crippen MR) is 76.0 cm³/mol. The molecule has 0 radical (unpaired) electrons. The van der Waals surface area contributed by atoms with Gasteiger partial charge in [-0.1, -0.05) is 30.3 Å². The lowest BCUT2D eigenvalue weighted by Gasteiger charge is -2.22. The van der Waals surface area contributed by atoms with E-state index < -0.39 is 50.2 Å². The predicted octanol–water partition coefficient (Wildman–Crippen LogP) is 0.376. The highest BCUT2D eigenvalue weighted by molar-refractivity contribution is 7.38. The van der Waals surface area contributed by atoms with E-state index in [9.17, 15) is 28.9 Å². The summed E-state index contributed by atoms with van der Waals surface area (Å²) in [5.74, 6) is -6.36. The van der Waals surface area contributed by atoms with Crippen LogP contribution in [0.15, 0.2) is 30.3 Å². The zero-order valence-electron chi connectivity index (χ0n) is 11.7. The highest BCUT2D eigenvalue weighted by atomic mass is 31.1. The Balaban J connectivity index is 2.89. The van der Waals surface area contributed by atoms with Gasteiger partial charge < -0.3 is 24.9 Å². The first-order chi connectivity index (χ1) is 10.7. The molecule has 1 rings (SSSR count). The molecule has 0 bridgehead atoms. The van der Waals surface area contributed by atoms with E-state index in [0.29, 0.717) is 0 Å². The van der Waals surface area contributed by atoms with Gasteiger partial charge in [-0.25, -0.2) is 4.79 Å². The van der Waals surface area contributed by atoms with Crippen LogP contribution < -0.4 is 0 Å². The normalized spacial score (nSPS) is 15.9. The fourth-order valence-electron chi connectivity index (χ4n) is 1.76. The molecule has 10 heteroatoms. The lowest BCUT2D eigenvalue weighted by atomic mass is 9.96. The summed E-state index contributed by atoms with van der Waals surface area (Å²) in [5.41, 5.74) is -2.65. The maximum absolute atomic E-state index is 11.8. The van der Waals surface area contributed by atoms with Gasteiger partial charge in [0.25, 0.3) is 0 Å². The van der Waals surface area contributed by atoms with E-state index in [-0.39, 0.29) is 5.56 Å². The molecule has 0 saturated heterocycles. The second-order valence-electron chi connectivity index (χ2n) is 4.70. The third-order valence-corrected chi connectivity index (χ3v) is 3.75. The minimum absolute atomic E-state index is 0.212. The van der Waals surface area contributed by atoms with E-state index >= 15 is 0 Å². The maximum atomic E-state index is 11.8. The number of carboxylic acids is 2. The van der Waals surface area contributed by atoms with E-state index in [1.807, 2.05) is 0 Å².